The van der Waals surface area contributed by atoms with Gasteiger partial charge in [-0.3, -0.25) is 0 Å². The molecular weight excluding hydrogens is 617 g/mol. The van der Waals surface area contributed by atoms with Crippen LogP contribution >= 0.6 is 0 Å². The minimum absolute atomic E-state index is 0.0726. The summed E-state index contributed by atoms with van der Waals surface area (Å²) in [6.45, 7) is 5.33. The minimum atomic E-state index is -1.96. The first-order valence-corrected chi connectivity index (χ1v) is 21.7. The maximum Gasteiger partial charge on any atom is 0.0818 e. The largest absolute Gasteiger partial charge is 0.0818 e. The van der Waals surface area contributed by atoms with E-state index in [1.54, 1.807) is 114 Å². The van der Waals surface area contributed by atoms with Crippen LogP contribution in [0.25, 0.3) is 130 Å². The molecule has 0 saturated heterocycles. The Kier molecular flexibility index (Phi) is 2.86. The second-order valence-corrected chi connectivity index (χ2v) is 22.2. The normalized spacial score (nSPS) is 21.2. The van der Waals surface area contributed by atoms with Crippen molar-refractivity contribution in [3.8, 4) is 0 Å². The molecule has 17 rings (SSSR count). The summed E-state index contributed by atoms with van der Waals surface area (Å²) in [6, 6.07) is 32.9. The second-order valence-electron chi connectivity index (χ2n) is 17.5. The average Bonchev–Trinajstić information content (AvgIpc) is 3.95. The molecule has 224 valence electrons. The molecule has 4 aliphatic carbocycles. The fraction of sp³-hybridized carbons (Fsp3) is 0.102. The Morgan fingerprint density at radius 3 is 1.60 bits per heavy atom. The van der Waals surface area contributed by atoms with Crippen LogP contribution < -0.4 is 5.19 Å². The Hall–Kier alpha value is -5.50. The first kappa shape index (κ1) is 23.0. The molecule has 2 atom stereocenters. The molecule has 0 radical (unpaired) electrons. The van der Waals surface area contributed by atoms with E-state index in [1.165, 1.54) is 49.5 Å². The van der Waals surface area contributed by atoms with Gasteiger partial charge in [0.1, 0.15) is 0 Å². The van der Waals surface area contributed by atoms with Crippen LogP contribution in [0.3, 0.4) is 0 Å². The summed E-state index contributed by atoms with van der Waals surface area (Å²) >= 11 is 0. The van der Waals surface area contributed by atoms with Gasteiger partial charge in [-0.2, -0.15) is 0 Å². The standard InChI is InChI=1S/C49H24Si/c1-50(2,19-6-4-3-5-7-19)18-49-29-17-16-27-26-13-12-23-22-9-8-20-21-10-11-24-25-14-15-28(29)37-36(25)40-33(24)32(21)38-30(20)31(22)39-34(23)35(26)45(47(27)49)44-42(39)41(38)43(40)46(44)48(37)49/h3-17,47H,18H2,1-2H3. The first-order chi connectivity index (χ1) is 24.6. The molecule has 0 amide bonds. The van der Waals surface area contributed by atoms with Crippen molar-refractivity contribution in [2.24, 2.45) is 0 Å². The number of benzene rings is 9. The van der Waals surface area contributed by atoms with Gasteiger partial charge in [-0.05, 0) is 158 Å². The van der Waals surface area contributed by atoms with E-state index in [9.17, 15) is 0 Å². The number of fused-ring (bicyclic) bond motifs is 5. The lowest BCUT2D eigenvalue weighted by Gasteiger charge is -2.48. The van der Waals surface area contributed by atoms with E-state index >= 15 is 0 Å². The number of hydrogen-bond donors (Lipinski definition) is 0. The summed E-state index contributed by atoms with van der Waals surface area (Å²) in [5.41, 5.74) is 9.56. The monoisotopic (exact) mass is 640 g/mol. The van der Waals surface area contributed by atoms with Gasteiger partial charge in [0.25, 0.3) is 0 Å². The Morgan fingerprint density at radius 2 is 0.960 bits per heavy atom. The average molecular weight is 641 g/mol. The van der Waals surface area contributed by atoms with Gasteiger partial charge in [0, 0.05) is 11.3 Å². The number of allylic oxidation sites excluding steroid dienone is 4. The molecule has 50 heavy (non-hydrogen) atoms. The van der Waals surface area contributed by atoms with E-state index in [0.29, 0.717) is 5.92 Å². The summed E-state index contributed by atoms with van der Waals surface area (Å²) < 4.78 is 0. The second kappa shape index (κ2) is 6.21. The van der Waals surface area contributed by atoms with Crippen LogP contribution in [0.1, 0.15) is 28.2 Å². The third kappa shape index (κ3) is 1.73. The molecule has 2 unspecified atom stereocenters. The van der Waals surface area contributed by atoms with Gasteiger partial charge in [-0.25, -0.2) is 0 Å². The molecule has 4 aliphatic rings. The highest BCUT2D eigenvalue weighted by Crippen LogP contribution is 2.76. The maximum absolute atomic E-state index is 2.66. The van der Waals surface area contributed by atoms with Crippen LogP contribution in [0.4, 0.5) is 0 Å². The highest BCUT2D eigenvalue weighted by Gasteiger charge is 2.61. The zero-order valence-electron chi connectivity index (χ0n) is 27.4. The lowest BCUT2D eigenvalue weighted by atomic mass is 9.59. The van der Waals surface area contributed by atoms with E-state index in [1.807, 2.05) is 0 Å². The fourth-order valence-electron chi connectivity index (χ4n) is 14.4. The predicted octanol–water partition coefficient (Wildman–Crippen LogP) is 12.6. The van der Waals surface area contributed by atoms with Crippen molar-refractivity contribution in [1.82, 2.24) is 0 Å². The van der Waals surface area contributed by atoms with Gasteiger partial charge in [0.2, 0.25) is 0 Å². The van der Waals surface area contributed by atoms with Gasteiger partial charge >= 0.3 is 0 Å². The van der Waals surface area contributed by atoms with Crippen molar-refractivity contribution < 1.29 is 0 Å². The molecule has 1 heteroatoms. The molecule has 0 saturated carbocycles. The van der Waals surface area contributed by atoms with Crippen LogP contribution in [-0.4, -0.2) is 8.07 Å². The van der Waals surface area contributed by atoms with Crippen LogP contribution in [0.15, 0.2) is 91.0 Å². The van der Waals surface area contributed by atoms with E-state index < -0.39 is 8.07 Å². The van der Waals surface area contributed by atoms with E-state index in [0.717, 1.165) is 0 Å². The summed E-state index contributed by atoms with van der Waals surface area (Å²) in [5.74, 6) is 0.356. The maximum atomic E-state index is 2.66. The molecule has 0 heterocycles. The third-order valence-corrected chi connectivity index (χ3v) is 18.9. The first-order valence-electron chi connectivity index (χ1n) is 18.5. The minimum Gasteiger partial charge on any atom is -0.0654 e. The van der Waals surface area contributed by atoms with Crippen molar-refractivity contribution in [1.29, 1.82) is 0 Å². The van der Waals surface area contributed by atoms with Crippen molar-refractivity contribution in [2.75, 3.05) is 0 Å². The van der Waals surface area contributed by atoms with Gasteiger partial charge in [-0.1, -0.05) is 109 Å². The predicted molar refractivity (Wildman–Crippen MR) is 217 cm³/mol. The summed E-state index contributed by atoms with van der Waals surface area (Å²) in [6.07, 6.45) is 5.19. The van der Waals surface area contributed by atoms with E-state index in [-0.39, 0.29) is 5.41 Å². The number of rotatable bonds is 3. The fourth-order valence-corrected chi connectivity index (χ4v) is 17.7. The molecule has 0 aliphatic heterocycles. The molecule has 0 fully saturated rings. The topological polar surface area (TPSA) is 0 Å². The van der Waals surface area contributed by atoms with Crippen LogP contribution in [-0.2, 0) is 5.41 Å². The molecule has 13 aromatic carbocycles. The summed E-state index contributed by atoms with van der Waals surface area (Å²) in [7, 11) is -1.96. The van der Waals surface area contributed by atoms with Crippen LogP contribution in [0.2, 0.25) is 19.1 Å². The van der Waals surface area contributed by atoms with E-state index in [2.05, 4.69) is 104 Å². The SMILES string of the molecule is C[Si](C)(CC12C3=CC=C4c5ccc6c7ccc8c9ccc%10c%11ccc3c3c1c1c%12c(c5c6c5c7c8c6c9c%10c(c3%11)c1c6c%125)C42)c1ccccc1. The van der Waals surface area contributed by atoms with Crippen molar-refractivity contribution in [3.63, 3.8) is 0 Å². The highest BCUT2D eigenvalue weighted by atomic mass is 28.3. The zero-order chi connectivity index (χ0) is 31.6. The smallest absolute Gasteiger partial charge is 0.0654 e. The van der Waals surface area contributed by atoms with Gasteiger partial charge < -0.3 is 0 Å². The number of hydrogen-bond acceptors (Lipinski definition) is 0. The molecule has 0 nitrogen and oxygen atoms in total. The Bertz CT molecular complexity index is 3840. The van der Waals surface area contributed by atoms with Gasteiger partial charge in [-0.15, -0.1) is 0 Å². The van der Waals surface area contributed by atoms with Crippen LogP contribution in [0, 0.1) is 0 Å². The Morgan fingerprint density at radius 1 is 0.460 bits per heavy atom. The summed E-state index contributed by atoms with van der Waals surface area (Å²) in [5, 5.41) is 35.7. The van der Waals surface area contributed by atoms with Crippen molar-refractivity contribution in [2.45, 2.75) is 30.5 Å². The van der Waals surface area contributed by atoms with Crippen molar-refractivity contribution in [3.05, 3.63) is 113 Å². The highest BCUT2D eigenvalue weighted by molar-refractivity contribution is 6.90. The lowest BCUT2D eigenvalue weighted by Crippen LogP contribution is -2.50. The van der Waals surface area contributed by atoms with Crippen molar-refractivity contribution >= 4 is 143 Å². The quantitative estimate of drug-likeness (QED) is 0.133. The third-order valence-electron chi connectivity index (χ3n) is 15.6. The Labute approximate surface area is 285 Å². The van der Waals surface area contributed by atoms with E-state index in [4.69, 9.17) is 0 Å². The molecule has 0 aromatic heterocycles. The van der Waals surface area contributed by atoms with Gasteiger partial charge in [0.15, 0.2) is 0 Å². The summed E-state index contributed by atoms with van der Waals surface area (Å²) in [4.78, 5) is 0. The zero-order valence-corrected chi connectivity index (χ0v) is 28.4. The molecular formula is C49H24Si. The Balaban J connectivity index is 1.28. The molecule has 0 N–H and O–H groups in total. The van der Waals surface area contributed by atoms with Gasteiger partial charge in [0.05, 0.1) is 8.07 Å². The molecule has 0 bridgehead atoms. The van der Waals surface area contributed by atoms with Crippen LogP contribution in [0.5, 0.6) is 0 Å². The molecule has 13 aromatic rings. The molecule has 0 spiro atoms. The lowest BCUT2D eigenvalue weighted by molar-refractivity contribution is 0.571.